The largest absolute Gasteiger partial charge is 0.488 e. The summed E-state index contributed by atoms with van der Waals surface area (Å²) in [6.45, 7) is 0.755. The molecule has 2 aliphatic rings. The molecule has 2 rings (SSSR count). The Bertz CT molecular complexity index is 578. The maximum absolute atomic E-state index is 11.7. The lowest BCUT2D eigenvalue weighted by Gasteiger charge is -2.20. The maximum Gasteiger partial charge on any atom is 0.488 e. The van der Waals surface area contributed by atoms with Crippen LogP contribution in [0, 0.1) is 5.92 Å². The van der Waals surface area contributed by atoms with Crippen LogP contribution in [0.4, 0.5) is 0 Å². The number of rotatable bonds is 7. The summed E-state index contributed by atoms with van der Waals surface area (Å²) in [6, 6.07) is -0.109. The van der Waals surface area contributed by atoms with E-state index in [1.54, 1.807) is 0 Å². The van der Waals surface area contributed by atoms with Gasteiger partial charge < -0.3 is 24.2 Å². The summed E-state index contributed by atoms with van der Waals surface area (Å²) >= 11 is 0. The van der Waals surface area contributed by atoms with E-state index in [0.29, 0.717) is 13.3 Å². The first-order chi connectivity index (χ1) is 10.4. The van der Waals surface area contributed by atoms with Crippen LogP contribution in [0.1, 0.15) is 6.42 Å². The van der Waals surface area contributed by atoms with Crippen molar-refractivity contribution in [2.75, 3.05) is 19.9 Å². The van der Waals surface area contributed by atoms with Crippen molar-refractivity contribution in [3.63, 3.8) is 0 Å². The van der Waals surface area contributed by atoms with Gasteiger partial charge in [0.2, 0.25) is 0 Å². The van der Waals surface area contributed by atoms with Gasteiger partial charge in [-0.3, -0.25) is 9.09 Å². The molecule has 2 aliphatic heterocycles. The molecule has 134 valence electrons. The van der Waals surface area contributed by atoms with E-state index in [0.717, 1.165) is 6.42 Å². The quantitative estimate of drug-likeness (QED) is 0.388. The number of ether oxygens (including phenoxy) is 2. The van der Waals surface area contributed by atoms with E-state index in [2.05, 4.69) is 13.1 Å². The van der Waals surface area contributed by atoms with Gasteiger partial charge in [-0.25, -0.2) is 13.4 Å². The predicted molar refractivity (Wildman–Crippen MR) is 78.6 cm³/mol. The highest BCUT2D eigenvalue weighted by atomic mass is 31.3. The van der Waals surface area contributed by atoms with Gasteiger partial charge in [-0.15, -0.1) is 0 Å². The zero-order chi connectivity index (χ0) is 17.5. The molecule has 7 unspecified atom stereocenters. The summed E-state index contributed by atoms with van der Waals surface area (Å²) in [5.41, 5.74) is 0. The molecule has 2 fully saturated rings. The molecule has 0 aromatic rings. The molecule has 0 aromatic carbocycles. The minimum atomic E-state index is -5.25. The van der Waals surface area contributed by atoms with Crippen LogP contribution in [0.2, 0.25) is 0 Å². The van der Waals surface area contributed by atoms with Crippen LogP contribution in [0.3, 0.4) is 0 Å². The van der Waals surface area contributed by atoms with E-state index >= 15 is 0 Å². The fourth-order valence-corrected chi connectivity index (χ4v) is 6.12. The number of phosphoric ester groups is 1. The molecule has 23 heavy (non-hydrogen) atoms. The second-order valence-corrected chi connectivity index (χ2v) is 10.4. The minimum absolute atomic E-state index is 0.109. The van der Waals surface area contributed by atoms with Crippen LogP contribution < -0.4 is 0 Å². The number of fused-ring (bicyclic) bond motifs is 1. The van der Waals surface area contributed by atoms with Gasteiger partial charge in [0.05, 0.1) is 12.7 Å². The molecule has 2 saturated heterocycles. The predicted octanol–water partition coefficient (Wildman–Crippen LogP) is -0.185. The fraction of sp³-hybridized carbons (Fsp3) is 1.00. The Hall–Kier alpha value is 0.435. The fourth-order valence-electron chi connectivity index (χ4n) is 2.63. The third-order valence-corrected chi connectivity index (χ3v) is 7.57. The standard InChI is InChI=1S/C8H18BO11P3/c1-21(10,11)19-23(14,15)20-22(12,13)17-4-6-7-5(2-3-16-7)8(9)18-6/h5-8H,2-4,9H2,1H3,(H,10,11)(H,12,13)(H,14,15). The summed E-state index contributed by atoms with van der Waals surface area (Å²) < 4.78 is 57.4. The van der Waals surface area contributed by atoms with Crippen LogP contribution in [-0.4, -0.2) is 60.6 Å². The highest BCUT2D eigenvalue weighted by Crippen LogP contribution is 2.66. The van der Waals surface area contributed by atoms with Crippen molar-refractivity contribution in [3.05, 3.63) is 0 Å². The Labute approximate surface area is 133 Å². The van der Waals surface area contributed by atoms with Gasteiger partial charge in [0.25, 0.3) is 0 Å². The summed E-state index contributed by atoms with van der Waals surface area (Å²) in [5, 5.41) is 0. The van der Waals surface area contributed by atoms with Crippen LogP contribution in [-0.2, 0) is 36.3 Å². The van der Waals surface area contributed by atoms with Crippen LogP contribution >= 0.6 is 23.2 Å². The first kappa shape index (κ1) is 19.8. The van der Waals surface area contributed by atoms with Crippen molar-refractivity contribution in [1.82, 2.24) is 0 Å². The van der Waals surface area contributed by atoms with Crippen molar-refractivity contribution in [1.29, 1.82) is 0 Å². The lowest BCUT2D eigenvalue weighted by Crippen LogP contribution is -2.28. The Kier molecular flexibility index (Phi) is 5.99. The molecule has 3 N–H and O–H groups in total. The van der Waals surface area contributed by atoms with Crippen LogP contribution in [0.15, 0.2) is 0 Å². The average Bonchev–Trinajstić information content (AvgIpc) is 2.86. The molecule has 0 bridgehead atoms. The van der Waals surface area contributed by atoms with E-state index in [-0.39, 0.29) is 18.0 Å². The van der Waals surface area contributed by atoms with Gasteiger partial charge in [-0.1, -0.05) is 0 Å². The first-order valence-electron chi connectivity index (χ1n) is 6.69. The Morgan fingerprint density at radius 1 is 1.17 bits per heavy atom. The highest BCUT2D eigenvalue weighted by Gasteiger charge is 2.47. The van der Waals surface area contributed by atoms with Crippen LogP contribution in [0.25, 0.3) is 0 Å². The molecule has 0 radical (unpaired) electrons. The minimum Gasteiger partial charge on any atom is -0.378 e. The van der Waals surface area contributed by atoms with E-state index in [1.807, 2.05) is 7.85 Å². The topological polar surface area (TPSA) is 158 Å². The second-order valence-electron chi connectivity index (χ2n) is 5.37. The Balaban J connectivity index is 1.90. The molecule has 2 heterocycles. The number of hydrogen-bond donors (Lipinski definition) is 3. The summed E-state index contributed by atoms with van der Waals surface area (Å²) in [5.74, 6) is 0.148. The maximum atomic E-state index is 11.7. The van der Waals surface area contributed by atoms with Gasteiger partial charge in [0.15, 0.2) is 0 Å². The lowest BCUT2D eigenvalue weighted by atomic mass is 9.84. The van der Waals surface area contributed by atoms with Crippen molar-refractivity contribution >= 4 is 31.1 Å². The third kappa shape index (κ3) is 5.73. The number of phosphoric acid groups is 2. The molecular weight excluding hydrogens is 376 g/mol. The zero-order valence-corrected chi connectivity index (χ0v) is 15.1. The van der Waals surface area contributed by atoms with Gasteiger partial charge in [0, 0.05) is 25.2 Å². The molecule has 7 atom stereocenters. The normalized spacial score (nSPS) is 38.4. The molecule has 0 amide bonds. The van der Waals surface area contributed by atoms with Crippen molar-refractivity contribution in [2.45, 2.75) is 24.6 Å². The van der Waals surface area contributed by atoms with E-state index < -0.39 is 36.0 Å². The summed E-state index contributed by atoms with van der Waals surface area (Å²) in [6.07, 6.45) is -0.122. The van der Waals surface area contributed by atoms with E-state index in [9.17, 15) is 23.5 Å². The number of hydrogen-bond acceptors (Lipinski definition) is 8. The molecule has 11 nitrogen and oxygen atoms in total. The van der Waals surface area contributed by atoms with Gasteiger partial charge in [0.1, 0.15) is 14.0 Å². The third-order valence-electron chi connectivity index (χ3n) is 3.41. The lowest BCUT2D eigenvalue weighted by molar-refractivity contribution is -0.0268. The van der Waals surface area contributed by atoms with Gasteiger partial charge in [-0.2, -0.15) is 4.31 Å². The van der Waals surface area contributed by atoms with Crippen molar-refractivity contribution < 1.29 is 51.0 Å². The van der Waals surface area contributed by atoms with Crippen LogP contribution in [0.5, 0.6) is 0 Å². The summed E-state index contributed by atoms with van der Waals surface area (Å²) in [7, 11) is -12.8. The summed E-state index contributed by atoms with van der Waals surface area (Å²) in [4.78, 5) is 27.5. The molecule has 0 saturated carbocycles. The molecule has 0 aromatic heterocycles. The SMILES string of the molecule is BC1OC(COP(=O)(O)OP(=O)(O)OP(C)(=O)O)C2OCCC12. The van der Waals surface area contributed by atoms with E-state index in [1.165, 1.54) is 0 Å². The highest BCUT2D eigenvalue weighted by molar-refractivity contribution is 7.68. The van der Waals surface area contributed by atoms with Crippen molar-refractivity contribution in [2.24, 2.45) is 5.92 Å². The first-order valence-corrected chi connectivity index (χ1v) is 11.7. The average molecular weight is 394 g/mol. The van der Waals surface area contributed by atoms with Crippen molar-refractivity contribution in [3.8, 4) is 0 Å². The van der Waals surface area contributed by atoms with Gasteiger partial charge >= 0.3 is 23.2 Å². The van der Waals surface area contributed by atoms with E-state index in [4.69, 9.17) is 14.4 Å². The molecule has 15 heteroatoms. The molecule has 0 aliphatic carbocycles. The zero-order valence-electron chi connectivity index (χ0n) is 12.4. The Morgan fingerprint density at radius 3 is 2.43 bits per heavy atom. The second kappa shape index (κ2) is 6.98. The smallest absolute Gasteiger partial charge is 0.378 e. The Morgan fingerprint density at radius 2 is 1.83 bits per heavy atom. The molecule has 0 spiro atoms. The molecular formula is C8H18BO11P3. The monoisotopic (exact) mass is 394 g/mol. The van der Waals surface area contributed by atoms with Gasteiger partial charge in [-0.05, 0) is 6.42 Å².